The summed E-state index contributed by atoms with van der Waals surface area (Å²) in [5.74, 6) is 0. The molecule has 0 N–H and O–H groups in total. The Morgan fingerprint density at radius 2 is 0.240 bits per heavy atom. The first-order chi connectivity index (χ1) is 50.2. The van der Waals surface area contributed by atoms with Crippen LogP contribution in [0.1, 0.15) is 51.4 Å². The van der Waals surface area contributed by atoms with Gasteiger partial charge in [-0.15, -0.1) is 0 Å². The average molecular weight is 1440 g/mol. The lowest BCUT2D eigenvalue weighted by molar-refractivity contribution is -0.144. The van der Waals surface area contributed by atoms with Gasteiger partial charge in [-0.05, 0) is 51.4 Å². The van der Waals surface area contributed by atoms with Crippen LogP contribution in [0.25, 0.3) is 0 Å². The van der Waals surface area contributed by atoms with Crippen molar-refractivity contribution >= 4 is 96.5 Å². The van der Waals surface area contributed by atoms with E-state index < -0.39 is 300 Å². The molecule has 4 spiro atoms. The smallest absolute Gasteiger partial charge is 0.282 e. The highest BCUT2D eigenvalue weighted by molar-refractivity contribution is 5.98. The zero-order valence-electron chi connectivity index (χ0n) is 54.7. The molecule has 26 aliphatic rings. The van der Waals surface area contributed by atoms with E-state index in [9.17, 15) is 0 Å². The minimum atomic E-state index is -1.71. The van der Waals surface area contributed by atoms with Crippen LogP contribution >= 0.6 is 0 Å². The lowest BCUT2D eigenvalue weighted by atomic mass is 9.77. The SMILES string of the molecule is O=C1N2CN3C(=O)N4CN5C(=O)N6CN7C(=O)N8CN9C(=O)N%10CN%11C(=O)N%12CN%13C(=O)N%14CN%15C(=O)N%16CN1C1C2N2CN%17C(=O)N(CN%18C(=O)N(CN%19C(=O)N(CN%20C(=O)N(CN%21C(=O)N(CN%22C(=O)N(CN%23C(=O)N(CN1C2=O)C%16C%15%23)C%141CCCCC%13%221)C%12C%11%21)C%10C9%20)C81CCCCC7%191)C6C5%18)C4C3%17. The van der Waals surface area contributed by atoms with E-state index in [0.29, 0.717) is 25.7 Å². The first-order valence-corrected chi connectivity index (χ1v) is 35.4. The Kier molecular flexibility index (Phi) is 8.42. The number of amides is 32. The molecule has 26 rings (SSSR count). The van der Waals surface area contributed by atoms with Gasteiger partial charge >= 0.3 is 96.5 Å². The molecule has 32 amide bonds. The molecule has 0 atom stereocenters. The first-order valence-electron chi connectivity index (χ1n) is 35.4. The summed E-state index contributed by atoms with van der Waals surface area (Å²) in [5, 5.41) is 0. The van der Waals surface area contributed by atoms with Crippen molar-refractivity contribution in [3.8, 4) is 0 Å². The summed E-state index contributed by atoms with van der Waals surface area (Å²) in [6.07, 6.45) is -13.3. The standard InChI is InChI=1S/C56H60N32O16/c89-37-57-9-59-26-28-63(39(59)91)13-67-30-34-75(43(67)95)19-83-51(103)87-23-79-36-32-71(47(79)99)15-69-31-35-77(45(69)97)21-85-49(101)81-17-73-33-29-65(41(73)93)11-61(37)27-25(57)58-10-60(26)40(92)64(28)14-68(30)44(96)76(34)20-84-52(104)88(56(87)8-4-2-6-54(56,83)84)24-80(36)48(100)72(32)16-70(31)46(98)78(35)22-86-50(102)82(53(81)5-1-3-7-55(53,85)86)18-74(33)42(94)66(29)12-62(27)38(58)90/h25-36H,1-24H2. The van der Waals surface area contributed by atoms with Gasteiger partial charge in [-0.25, -0.2) is 76.7 Å². The third-order valence-electron chi connectivity index (χ3n) is 29.3. The highest BCUT2D eigenvalue weighted by atomic mass is 16.3. The molecule has 0 radical (unpaired) electrons. The largest absolute Gasteiger partial charge is 0.326 e. The summed E-state index contributed by atoms with van der Waals surface area (Å²) >= 11 is 0. The van der Waals surface area contributed by atoms with Crippen molar-refractivity contribution in [3.05, 3.63) is 0 Å². The second-order valence-electron chi connectivity index (χ2n) is 32.1. The maximum atomic E-state index is 16.4. The van der Waals surface area contributed by atoms with E-state index in [-0.39, 0.29) is 25.7 Å². The molecule has 104 heavy (non-hydrogen) atoms. The molecule has 0 bridgehead atoms. The summed E-state index contributed by atoms with van der Waals surface area (Å²) < 4.78 is 0. The van der Waals surface area contributed by atoms with Crippen LogP contribution in [-0.4, -0.2) is 457 Å². The van der Waals surface area contributed by atoms with Crippen molar-refractivity contribution in [3.63, 3.8) is 0 Å². The van der Waals surface area contributed by atoms with Crippen LogP contribution in [0.2, 0.25) is 0 Å². The Morgan fingerprint density at radius 3 is 0.346 bits per heavy atom. The molecule has 2 saturated carbocycles. The lowest BCUT2D eigenvalue weighted by Gasteiger charge is -2.55. The number of rotatable bonds is 0. The van der Waals surface area contributed by atoms with Gasteiger partial charge in [-0.2, -0.15) is 0 Å². The highest BCUT2D eigenvalue weighted by Gasteiger charge is 2.86. The lowest BCUT2D eigenvalue weighted by Crippen LogP contribution is -2.74. The van der Waals surface area contributed by atoms with E-state index in [1.165, 1.54) is 157 Å². The molecule has 24 aliphatic heterocycles. The Bertz CT molecular complexity index is 4040. The first kappa shape index (κ1) is 55.0. The van der Waals surface area contributed by atoms with Gasteiger partial charge in [0.2, 0.25) is 0 Å². The molecule has 0 aromatic carbocycles. The zero-order chi connectivity index (χ0) is 69.6. The summed E-state index contributed by atoms with van der Waals surface area (Å²) in [4.78, 5) is 300. The van der Waals surface area contributed by atoms with Crippen LogP contribution < -0.4 is 0 Å². The highest BCUT2D eigenvalue weighted by Crippen LogP contribution is 2.65. The maximum absolute atomic E-state index is 16.4. The van der Waals surface area contributed by atoms with Crippen molar-refractivity contribution in [1.82, 2.24) is 157 Å². The number of hydrogen-bond acceptors (Lipinski definition) is 16. The normalized spacial score (nSPS) is 42.3. The van der Waals surface area contributed by atoms with Crippen LogP contribution in [0.5, 0.6) is 0 Å². The van der Waals surface area contributed by atoms with E-state index in [4.69, 9.17) is 0 Å². The predicted molar refractivity (Wildman–Crippen MR) is 316 cm³/mol. The molecule has 24 heterocycles. The van der Waals surface area contributed by atoms with Gasteiger partial charge < -0.3 is 0 Å². The molecule has 2 aliphatic carbocycles. The van der Waals surface area contributed by atoms with Gasteiger partial charge in [-0.3, -0.25) is 157 Å². The Labute approximate surface area is 583 Å². The van der Waals surface area contributed by atoms with Crippen LogP contribution in [-0.2, 0) is 0 Å². The number of hydrogen-bond donors (Lipinski definition) is 0. The second-order valence-corrected chi connectivity index (χ2v) is 32.1. The molecule has 0 unspecified atom stereocenters. The quantitative estimate of drug-likeness (QED) is 0.219. The summed E-state index contributed by atoms with van der Waals surface area (Å²) in [6, 6.07) is -11.4. The van der Waals surface area contributed by atoms with Crippen molar-refractivity contribution in [1.29, 1.82) is 0 Å². The molecule has 24 saturated heterocycles. The van der Waals surface area contributed by atoms with Gasteiger partial charge in [0, 0.05) is 0 Å². The second kappa shape index (κ2) is 15.9. The van der Waals surface area contributed by atoms with Crippen LogP contribution in [0.15, 0.2) is 0 Å². The van der Waals surface area contributed by atoms with Crippen LogP contribution in [0.3, 0.4) is 0 Å². The summed E-state index contributed by atoms with van der Waals surface area (Å²) in [5.41, 5.74) is -6.83. The molecule has 0 aromatic heterocycles. The van der Waals surface area contributed by atoms with Crippen molar-refractivity contribution in [2.45, 2.75) is 148 Å². The van der Waals surface area contributed by atoms with Gasteiger partial charge in [0.15, 0.2) is 96.6 Å². The van der Waals surface area contributed by atoms with Gasteiger partial charge in [0.05, 0.1) is 0 Å². The van der Waals surface area contributed by atoms with Crippen molar-refractivity contribution in [2.75, 3.05) is 107 Å². The maximum Gasteiger partial charge on any atom is 0.326 e. The summed E-state index contributed by atoms with van der Waals surface area (Å²) in [7, 11) is 0. The molecule has 26 fully saturated rings. The Balaban J connectivity index is 0.652. The van der Waals surface area contributed by atoms with Gasteiger partial charge in [-0.1, -0.05) is 0 Å². The van der Waals surface area contributed by atoms with Crippen LogP contribution in [0.4, 0.5) is 76.7 Å². The van der Waals surface area contributed by atoms with Crippen LogP contribution in [0, 0.1) is 0 Å². The third kappa shape index (κ3) is 4.88. The van der Waals surface area contributed by atoms with E-state index in [2.05, 4.69) is 0 Å². The van der Waals surface area contributed by atoms with Crippen molar-refractivity contribution < 1.29 is 76.7 Å². The van der Waals surface area contributed by atoms with Gasteiger partial charge in [0.25, 0.3) is 0 Å². The third-order valence-corrected chi connectivity index (χ3v) is 29.3. The number of nitrogens with zero attached hydrogens (tertiary/aromatic N) is 32. The number of carbonyl (C=O) groups is 16. The number of carbonyl (C=O) groups excluding carboxylic acids is 16. The topological polar surface area (TPSA) is 377 Å². The summed E-state index contributed by atoms with van der Waals surface area (Å²) in [6.45, 7) is -8.72. The molecule has 540 valence electrons. The van der Waals surface area contributed by atoms with E-state index in [1.54, 1.807) is 0 Å². The van der Waals surface area contributed by atoms with E-state index in [1.807, 2.05) is 0 Å². The molecular formula is C56H60N32O16. The minimum absolute atomic E-state index is 0.100. The van der Waals surface area contributed by atoms with Gasteiger partial charge in [0.1, 0.15) is 107 Å². The fourth-order valence-electron chi connectivity index (χ4n) is 25.5. The van der Waals surface area contributed by atoms with E-state index >= 15 is 76.7 Å². The molecular weight excluding hydrogens is 1380 g/mol. The molecule has 48 nitrogen and oxygen atoms in total. The van der Waals surface area contributed by atoms with E-state index in [0.717, 1.165) is 0 Å². The average Bonchev–Trinajstić information content (AvgIpc) is 1.48. The predicted octanol–water partition coefficient (Wildman–Crippen LogP) is -4.92. The Hall–Kier alpha value is -11.7. The molecule has 0 aromatic rings. The van der Waals surface area contributed by atoms with Crippen molar-refractivity contribution in [2.24, 2.45) is 0 Å². The number of urea groups is 16. The molecule has 48 heteroatoms. The minimum Gasteiger partial charge on any atom is -0.282 e. The fourth-order valence-corrected chi connectivity index (χ4v) is 25.5. The Morgan fingerprint density at radius 1 is 0.144 bits per heavy atom. The monoisotopic (exact) mass is 1440 g/mol. The fraction of sp³-hybridized carbons (Fsp3) is 0.714. The zero-order valence-corrected chi connectivity index (χ0v) is 54.7.